The van der Waals surface area contributed by atoms with Gasteiger partial charge in [-0.3, -0.25) is 9.59 Å². The van der Waals surface area contributed by atoms with Crippen LogP contribution in [0.25, 0.3) is 0 Å². The Morgan fingerprint density at radius 1 is 1.53 bits per heavy atom. The number of nitrogens with one attached hydrogen (secondary N) is 2. The van der Waals surface area contributed by atoms with Gasteiger partial charge in [0.25, 0.3) is 5.91 Å². The van der Waals surface area contributed by atoms with Gasteiger partial charge in [-0.1, -0.05) is 11.6 Å². The van der Waals surface area contributed by atoms with E-state index in [1.807, 2.05) is 0 Å². The van der Waals surface area contributed by atoms with E-state index in [1.54, 1.807) is 13.0 Å². The van der Waals surface area contributed by atoms with Crippen molar-refractivity contribution in [1.82, 2.24) is 10.3 Å². The fourth-order valence-electron chi connectivity index (χ4n) is 0.961. The lowest BCUT2D eigenvalue weighted by atomic mass is 10.4. The number of carbonyl (C=O) groups excluding carboxylic acids is 2. The number of amides is 1. The first-order valence-corrected chi connectivity index (χ1v) is 4.79. The maximum Gasteiger partial charge on any atom is 0.325 e. The lowest BCUT2D eigenvalue weighted by molar-refractivity contribution is -0.141. The van der Waals surface area contributed by atoms with E-state index < -0.39 is 11.9 Å². The molecular weight excluding hydrogens is 220 g/mol. The van der Waals surface area contributed by atoms with Gasteiger partial charge in [-0.15, -0.1) is 0 Å². The Morgan fingerprint density at radius 2 is 2.27 bits per heavy atom. The van der Waals surface area contributed by atoms with E-state index >= 15 is 0 Å². The predicted molar refractivity (Wildman–Crippen MR) is 54.8 cm³/mol. The summed E-state index contributed by atoms with van der Waals surface area (Å²) in [6.07, 6.45) is 0. The lowest BCUT2D eigenvalue weighted by Gasteiger charge is -2.03. The zero-order valence-corrected chi connectivity index (χ0v) is 8.93. The molecule has 5 nitrogen and oxygen atoms in total. The molecule has 2 N–H and O–H groups in total. The molecule has 0 fully saturated rings. The maximum atomic E-state index is 11.4. The summed E-state index contributed by atoms with van der Waals surface area (Å²) in [7, 11) is 0. The van der Waals surface area contributed by atoms with Crippen molar-refractivity contribution in [1.29, 1.82) is 0 Å². The largest absolute Gasteiger partial charge is 0.465 e. The summed E-state index contributed by atoms with van der Waals surface area (Å²) in [5.41, 5.74) is 0.310. The third kappa shape index (κ3) is 3.63. The summed E-state index contributed by atoms with van der Waals surface area (Å²) in [5, 5.41) is 2.77. The molecule has 1 aromatic rings. The molecule has 6 heteroatoms. The van der Waals surface area contributed by atoms with Crippen molar-refractivity contribution in [2.45, 2.75) is 6.92 Å². The molecule has 0 aliphatic carbocycles. The second-order valence-electron chi connectivity index (χ2n) is 2.71. The number of H-pyrrole nitrogens is 1. The van der Waals surface area contributed by atoms with Gasteiger partial charge in [0.2, 0.25) is 0 Å². The molecule has 0 radical (unpaired) electrons. The summed E-state index contributed by atoms with van der Waals surface area (Å²) < 4.78 is 4.64. The Kier molecular flexibility index (Phi) is 4.17. The smallest absolute Gasteiger partial charge is 0.325 e. The van der Waals surface area contributed by atoms with Crippen molar-refractivity contribution >= 4 is 23.5 Å². The van der Waals surface area contributed by atoms with Gasteiger partial charge in [0.1, 0.15) is 17.4 Å². The molecule has 0 aromatic carbocycles. The predicted octanol–water partition coefficient (Wildman–Crippen LogP) is 0.961. The van der Waals surface area contributed by atoms with Crippen LogP contribution in [0.4, 0.5) is 0 Å². The minimum atomic E-state index is -0.469. The van der Waals surface area contributed by atoms with Crippen molar-refractivity contribution in [2.24, 2.45) is 0 Å². The highest BCUT2D eigenvalue weighted by Gasteiger charge is 2.09. The average Bonchev–Trinajstić information content (AvgIpc) is 2.62. The number of aromatic amines is 1. The minimum absolute atomic E-state index is 0.149. The zero-order chi connectivity index (χ0) is 11.3. The molecule has 0 aliphatic heterocycles. The minimum Gasteiger partial charge on any atom is -0.465 e. The van der Waals surface area contributed by atoms with E-state index in [0.29, 0.717) is 17.5 Å². The number of esters is 1. The number of rotatable bonds is 4. The first-order valence-electron chi connectivity index (χ1n) is 4.41. The summed E-state index contributed by atoms with van der Waals surface area (Å²) in [5.74, 6) is -0.863. The van der Waals surface area contributed by atoms with Gasteiger partial charge in [-0.05, 0) is 19.1 Å². The van der Waals surface area contributed by atoms with Crippen LogP contribution in [0, 0.1) is 0 Å². The molecule has 0 bridgehead atoms. The van der Waals surface area contributed by atoms with E-state index in [4.69, 9.17) is 11.6 Å². The molecule has 0 spiro atoms. The van der Waals surface area contributed by atoms with Crippen LogP contribution in [0.5, 0.6) is 0 Å². The van der Waals surface area contributed by atoms with Crippen LogP contribution in [-0.2, 0) is 9.53 Å². The van der Waals surface area contributed by atoms with Crippen LogP contribution >= 0.6 is 11.6 Å². The molecule has 0 saturated heterocycles. The third-order valence-electron chi connectivity index (χ3n) is 1.59. The molecule has 0 atom stereocenters. The summed E-state index contributed by atoms with van der Waals surface area (Å²) in [6.45, 7) is 1.84. The lowest BCUT2D eigenvalue weighted by Crippen LogP contribution is -2.30. The molecule has 0 saturated carbocycles. The van der Waals surface area contributed by atoms with E-state index in [9.17, 15) is 9.59 Å². The second-order valence-corrected chi connectivity index (χ2v) is 3.11. The maximum absolute atomic E-state index is 11.4. The standard InChI is InChI=1S/C9H11ClN2O3/c1-2-15-8(13)5-11-9(14)6-3-4-7(10)12-6/h3-4,12H,2,5H2,1H3,(H,11,14). The van der Waals surface area contributed by atoms with Crippen molar-refractivity contribution in [3.63, 3.8) is 0 Å². The van der Waals surface area contributed by atoms with E-state index in [2.05, 4.69) is 15.0 Å². The highest BCUT2D eigenvalue weighted by atomic mass is 35.5. The van der Waals surface area contributed by atoms with Gasteiger partial charge in [-0.25, -0.2) is 0 Å². The van der Waals surface area contributed by atoms with Crippen LogP contribution in [0.1, 0.15) is 17.4 Å². The molecule has 0 unspecified atom stereocenters. The van der Waals surface area contributed by atoms with Gasteiger partial charge in [0, 0.05) is 0 Å². The number of hydrogen-bond donors (Lipinski definition) is 2. The van der Waals surface area contributed by atoms with Crippen molar-refractivity contribution < 1.29 is 14.3 Å². The quantitative estimate of drug-likeness (QED) is 0.757. The van der Waals surface area contributed by atoms with Gasteiger partial charge in [0.15, 0.2) is 0 Å². The number of carbonyl (C=O) groups is 2. The second kappa shape index (κ2) is 5.41. The fraction of sp³-hybridized carbons (Fsp3) is 0.333. The molecule has 1 amide bonds. The number of ether oxygens (including phenoxy) is 1. The average molecular weight is 231 g/mol. The Balaban J connectivity index is 2.40. The monoisotopic (exact) mass is 230 g/mol. The van der Waals surface area contributed by atoms with Crippen LogP contribution in [-0.4, -0.2) is 30.0 Å². The summed E-state index contributed by atoms with van der Waals surface area (Å²) in [6, 6.07) is 3.09. The number of aromatic nitrogens is 1. The molecule has 0 aliphatic rings. The SMILES string of the molecule is CCOC(=O)CNC(=O)c1ccc(Cl)[nH]1. The van der Waals surface area contributed by atoms with Crippen molar-refractivity contribution in [2.75, 3.05) is 13.2 Å². The summed E-state index contributed by atoms with van der Waals surface area (Å²) >= 11 is 5.59. The third-order valence-corrected chi connectivity index (χ3v) is 1.81. The Morgan fingerprint density at radius 3 is 2.80 bits per heavy atom. The van der Waals surface area contributed by atoms with Crippen LogP contribution < -0.4 is 5.32 Å². The van der Waals surface area contributed by atoms with Crippen LogP contribution in [0.2, 0.25) is 5.15 Å². The molecule has 1 aromatic heterocycles. The Labute approximate surface area is 91.8 Å². The molecular formula is C9H11ClN2O3. The highest BCUT2D eigenvalue weighted by Crippen LogP contribution is 2.06. The van der Waals surface area contributed by atoms with Gasteiger partial charge >= 0.3 is 5.97 Å². The van der Waals surface area contributed by atoms with Crippen molar-refractivity contribution in [3.8, 4) is 0 Å². The molecule has 15 heavy (non-hydrogen) atoms. The van der Waals surface area contributed by atoms with E-state index in [-0.39, 0.29) is 6.54 Å². The normalized spacial score (nSPS) is 9.73. The van der Waals surface area contributed by atoms with Crippen LogP contribution in [0.15, 0.2) is 12.1 Å². The Hall–Kier alpha value is -1.49. The van der Waals surface area contributed by atoms with Gasteiger partial charge in [0.05, 0.1) is 6.61 Å². The first-order chi connectivity index (χ1) is 7.13. The highest BCUT2D eigenvalue weighted by molar-refractivity contribution is 6.29. The summed E-state index contributed by atoms with van der Waals surface area (Å²) in [4.78, 5) is 24.9. The number of halogens is 1. The van der Waals surface area contributed by atoms with Crippen molar-refractivity contribution in [3.05, 3.63) is 23.0 Å². The van der Waals surface area contributed by atoms with Gasteiger partial charge in [-0.2, -0.15) is 0 Å². The first kappa shape index (κ1) is 11.6. The fourth-order valence-corrected chi connectivity index (χ4v) is 1.13. The van der Waals surface area contributed by atoms with E-state index in [0.717, 1.165) is 0 Å². The number of hydrogen-bond acceptors (Lipinski definition) is 3. The zero-order valence-electron chi connectivity index (χ0n) is 8.17. The van der Waals surface area contributed by atoms with Crippen LogP contribution in [0.3, 0.4) is 0 Å². The van der Waals surface area contributed by atoms with E-state index in [1.165, 1.54) is 6.07 Å². The molecule has 82 valence electrons. The topological polar surface area (TPSA) is 71.2 Å². The Bertz CT molecular complexity index is 362. The molecule has 1 heterocycles. The van der Waals surface area contributed by atoms with Gasteiger partial charge < -0.3 is 15.0 Å². The molecule has 1 rings (SSSR count).